The van der Waals surface area contributed by atoms with Gasteiger partial charge in [-0.2, -0.15) is 12.6 Å². The van der Waals surface area contributed by atoms with Crippen molar-refractivity contribution in [2.75, 3.05) is 5.75 Å². The number of nitrogens with one attached hydrogen (secondary N) is 3. The van der Waals surface area contributed by atoms with Crippen molar-refractivity contribution in [3.05, 3.63) is 0 Å². The normalized spacial score (nSPS) is 15.5. The van der Waals surface area contributed by atoms with Gasteiger partial charge in [0.05, 0.1) is 6.04 Å². The van der Waals surface area contributed by atoms with E-state index in [-0.39, 0.29) is 24.0 Å². The Morgan fingerprint density at radius 2 is 1.18 bits per heavy atom. The topological polar surface area (TPSA) is 151 Å². The van der Waals surface area contributed by atoms with Crippen LogP contribution in [-0.2, 0) is 19.2 Å². The lowest BCUT2D eigenvalue weighted by Crippen LogP contribution is -2.57. The van der Waals surface area contributed by atoms with Gasteiger partial charge in [0, 0.05) is 5.75 Å². The second-order valence-electron chi connectivity index (χ2n) is 7.75. The van der Waals surface area contributed by atoms with Gasteiger partial charge in [-0.15, -0.1) is 0 Å². The Morgan fingerprint density at radius 3 is 1.57 bits per heavy atom. The molecule has 6 N–H and O–H groups in total. The Bertz CT molecular complexity index is 554. The van der Waals surface area contributed by atoms with Gasteiger partial charge in [-0.3, -0.25) is 14.4 Å². The molecule has 3 amide bonds. The van der Waals surface area contributed by atoms with E-state index >= 15 is 0 Å². The van der Waals surface area contributed by atoms with Crippen molar-refractivity contribution in [3.8, 4) is 0 Å². The number of hydrogen-bond donors (Lipinski definition) is 6. The molecule has 0 aromatic heterocycles. The van der Waals surface area contributed by atoms with Crippen LogP contribution >= 0.6 is 12.6 Å². The molecule has 0 saturated carbocycles. The summed E-state index contributed by atoms with van der Waals surface area (Å²) in [5, 5.41) is 16.8. The van der Waals surface area contributed by atoms with Gasteiger partial charge in [0.2, 0.25) is 17.7 Å². The zero-order valence-corrected chi connectivity index (χ0v) is 18.1. The molecule has 0 bridgehead atoms. The highest BCUT2D eigenvalue weighted by atomic mass is 32.1. The molecule has 0 saturated heterocycles. The number of amides is 3. The molecule has 0 aliphatic carbocycles. The number of carbonyl (C=O) groups excluding carboxylic acids is 3. The maximum absolute atomic E-state index is 12.6. The maximum atomic E-state index is 12.6. The van der Waals surface area contributed by atoms with E-state index in [1.165, 1.54) is 6.92 Å². The summed E-state index contributed by atoms with van der Waals surface area (Å²) in [4.78, 5) is 48.3. The summed E-state index contributed by atoms with van der Waals surface area (Å²) in [6.45, 7) is 8.98. The molecule has 0 aliphatic heterocycles. The van der Waals surface area contributed by atoms with Crippen LogP contribution < -0.4 is 21.7 Å². The molecule has 0 aromatic carbocycles. The lowest BCUT2D eigenvalue weighted by atomic mass is 10.0. The van der Waals surface area contributed by atoms with E-state index in [0.29, 0.717) is 6.42 Å². The third-order valence-corrected chi connectivity index (χ3v) is 4.26. The smallest absolute Gasteiger partial charge is 0.326 e. The van der Waals surface area contributed by atoms with E-state index in [0.717, 1.165) is 0 Å². The van der Waals surface area contributed by atoms with Crippen molar-refractivity contribution in [1.29, 1.82) is 0 Å². The molecule has 0 heterocycles. The van der Waals surface area contributed by atoms with E-state index in [1.807, 2.05) is 27.7 Å². The van der Waals surface area contributed by atoms with Gasteiger partial charge in [0.1, 0.15) is 18.1 Å². The quantitative estimate of drug-likeness (QED) is 0.244. The van der Waals surface area contributed by atoms with Crippen LogP contribution in [0.25, 0.3) is 0 Å². The van der Waals surface area contributed by atoms with Crippen LogP contribution in [0.4, 0.5) is 0 Å². The van der Waals surface area contributed by atoms with E-state index in [9.17, 15) is 24.3 Å². The molecule has 0 fully saturated rings. The molecule has 4 atom stereocenters. The zero-order valence-electron chi connectivity index (χ0n) is 17.2. The molecule has 28 heavy (non-hydrogen) atoms. The summed E-state index contributed by atoms with van der Waals surface area (Å²) in [6.07, 6.45) is 0.616. The van der Waals surface area contributed by atoms with Gasteiger partial charge in [-0.05, 0) is 31.6 Å². The van der Waals surface area contributed by atoms with Crippen molar-refractivity contribution in [1.82, 2.24) is 16.0 Å². The largest absolute Gasteiger partial charge is 0.480 e. The molecule has 0 radical (unpaired) electrons. The third kappa shape index (κ3) is 9.93. The number of carboxylic acids is 1. The number of rotatable bonds is 12. The molecule has 9 nitrogen and oxygen atoms in total. The van der Waals surface area contributed by atoms with Crippen LogP contribution in [-0.4, -0.2) is 58.7 Å². The van der Waals surface area contributed by atoms with E-state index in [1.54, 1.807) is 0 Å². The fraction of sp³-hybridized carbons (Fsp3) is 0.778. The Balaban J connectivity index is 5.14. The maximum Gasteiger partial charge on any atom is 0.326 e. The number of aliphatic carboxylic acids is 1. The fourth-order valence-corrected chi connectivity index (χ4v) is 2.69. The van der Waals surface area contributed by atoms with Crippen LogP contribution in [0, 0.1) is 11.8 Å². The standard InChI is InChI=1S/C18H34N4O5S/c1-9(2)6-12(20-15(23)11(5)19)16(24)22-14(8-28)17(25)21-13(18(26)27)7-10(3)4/h9-14,28H,6-8,19H2,1-5H3,(H,20,23)(H,21,25)(H,22,24)(H,26,27). The molecule has 162 valence electrons. The summed E-state index contributed by atoms with van der Waals surface area (Å²) in [7, 11) is 0. The lowest BCUT2D eigenvalue weighted by molar-refractivity contribution is -0.142. The molecule has 0 aromatic rings. The molecular formula is C18H34N4O5S. The van der Waals surface area contributed by atoms with Crippen LogP contribution in [0.5, 0.6) is 0 Å². The van der Waals surface area contributed by atoms with Crippen molar-refractivity contribution in [2.24, 2.45) is 17.6 Å². The van der Waals surface area contributed by atoms with Gasteiger partial charge in [-0.25, -0.2) is 4.79 Å². The van der Waals surface area contributed by atoms with E-state index in [2.05, 4.69) is 28.6 Å². The molecule has 0 rings (SSSR count). The van der Waals surface area contributed by atoms with Crippen LogP contribution in [0.15, 0.2) is 0 Å². The Morgan fingerprint density at radius 1 is 0.786 bits per heavy atom. The SMILES string of the molecule is CC(C)CC(NC(=O)C(CS)NC(=O)C(CC(C)C)NC(=O)C(C)N)C(=O)O. The number of nitrogens with two attached hydrogens (primary N) is 1. The predicted octanol–water partition coefficient (Wildman–Crippen LogP) is -0.105. The van der Waals surface area contributed by atoms with Gasteiger partial charge < -0.3 is 26.8 Å². The summed E-state index contributed by atoms with van der Waals surface area (Å²) < 4.78 is 0. The summed E-state index contributed by atoms with van der Waals surface area (Å²) in [5.74, 6) is -2.67. The highest BCUT2D eigenvalue weighted by molar-refractivity contribution is 7.80. The number of carboxylic acid groups (broad SMARTS) is 1. The first-order valence-electron chi connectivity index (χ1n) is 9.39. The van der Waals surface area contributed by atoms with Gasteiger partial charge in [-0.1, -0.05) is 27.7 Å². The van der Waals surface area contributed by atoms with Gasteiger partial charge >= 0.3 is 5.97 Å². The molecule has 4 unspecified atom stereocenters. The predicted molar refractivity (Wildman–Crippen MR) is 110 cm³/mol. The highest BCUT2D eigenvalue weighted by Gasteiger charge is 2.29. The molecule has 0 spiro atoms. The van der Waals surface area contributed by atoms with E-state index in [4.69, 9.17) is 5.73 Å². The molecule has 10 heteroatoms. The van der Waals surface area contributed by atoms with Crippen LogP contribution in [0.1, 0.15) is 47.5 Å². The number of hydrogen-bond acceptors (Lipinski definition) is 6. The van der Waals surface area contributed by atoms with Crippen molar-refractivity contribution < 1.29 is 24.3 Å². The van der Waals surface area contributed by atoms with Crippen LogP contribution in [0.2, 0.25) is 0 Å². The third-order valence-electron chi connectivity index (χ3n) is 3.89. The second kappa shape index (κ2) is 12.6. The minimum atomic E-state index is -1.15. The summed E-state index contributed by atoms with van der Waals surface area (Å²) in [6, 6.07) is -3.74. The van der Waals surface area contributed by atoms with Crippen molar-refractivity contribution >= 4 is 36.3 Å². The Labute approximate surface area is 172 Å². The zero-order chi connectivity index (χ0) is 22.0. The Kier molecular flexibility index (Phi) is 11.8. The highest BCUT2D eigenvalue weighted by Crippen LogP contribution is 2.08. The molecule has 0 aliphatic rings. The summed E-state index contributed by atoms with van der Waals surface area (Å²) >= 11 is 4.08. The minimum absolute atomic E-state index is 0.0266. The van der Waals surface area contributed by atoms with Crippen molar-refractivity contribution in [2.45, 2.75) is 71.6 Å². The average Bonchev–Trinajstić information content (AvgIpc) is 2.56. The monoisotopic (exact) mass is 418 g/mol. The van der Waals surface area contributed by atoms with E-state index < -0.39 is 47.9 Å². The average molecular weight is 419 g/mol. The lowest BCUT2D eigenvalue weighted by Gasteiger charge is -2.25. The fourth-order valence-electron chi connectivity index (χ4n) is 2.44. The first-order chi connectivity index (χ1) is 12.9. The van der Waals surface area contributed by atoms with Crippen molar-refractivity contribution in [3.63, 3.8) is 0 Å². The van der Waals surface area contributed by atoms with Crippen LogP contribution in [0.3, 0.4) is 0 Å². The minimum Gasteiger partial charge on any atom is -0.480 e. The summed E-state index contributed by atoms with van der Waals surface area (Å²) in [5.41, 5.74) is 5.54. The first kappa shape index (κ1) is 26.2. The van der Waals surface area contributed by atoms with Gasteiger partial charge in [0.15, 0.2) is 0 Å². The first-order valence-corrected chi connectivity index (χ1v) is 10.0. The number of thiol groups is 1. The van der Waals surface area contributed by atoms with Gasteiger partial charge in [0.25, 0.3) is 0 Å². The second-order valence-corrected chi connectivity index (χ2v) is 8.12. The number of carbonyl (C=O) groups is 4. The molecular weight excluding hydrogens is 384 g/mol. The Hall–Kier alpha value is -1.81.